The largest absolute Gasteiger partial charge is 0.497 e. The zero-order valence-electron chi connectivity index (χ0n) is 17.1. The number of nitrogens with zero attached hydrogens (tertiary/aromatic N) is 2. The van der Waals surface area contributed by atoms with Gasteiger partial charge in [0.2, 0.25) is 15.9 Å². The van der Waals surface area contributed by atoms with Crippen LogP contribution in [-0.2, 0) is 21.4 Å². The molecule has 0 radical (unpaired) electrons. The number of anilines is 1. The molecule has 7 nitrogen and oxygen atoms in total. The highest BCUT2D eigenvalue weighted by Gasteiger charge is 2.23. The van der Waals surface area contributed by atoms with Crippen molar-refractivity contribution in [2.24, 2.45) is 0 Å². The molecule has 0 spiro atoms. The highest BCUT2D eigenvalue weighted by Crippen LogP contribution is 2.27. The molecule has 0 saturated heterocycles. The quantitative estimate of drug-likeness (QED) is 0.683. The van der Waals surface area contributed by atoms with Gasteiger partial charge in [-0.3, -0.25) is 9.69 Å². The normalized spacial score (nSPS) is 12.8. The minimum absolute atomic E-state index is 0.0544. The van der Waals surface area contributed by atoms with Gasteiger partial charge >= 0.3 is 0 Å². The molecular weight excluding hydrogens is 414 g/mol. The molecule has 2 rings (SSSR count). The van der Waals surface area contributed by atoms with E-state index in [1.807, 2.05) is 36.2 Å². The minimum Gasteiger partial charge on any atom is -0.497 e. The van der Waals surface area contributed by atoms with Crippen molar-refractivity contribution in [1.82, 2.24) is 9.21 Å². The summed E-state index contributed by atoms with van der Waals surface area (Å²) >= 11 is 6.05. The molecule has 158 valence electrons. The Kier molecular flexibility index (Phi) is 7.65. The number of rotatable bonds is 8. The Hall–Kier alpha value is -2.13. The molecule has 1 N–H and O–H groups in total. The SMILES string of the molecule is COc1ccc(CN(C)C(C)C(=O)Nc2ccc(Cl)c(S(=O)(=O)N(C)C)c2)cc1. The van der Waals surface area contributed by atoms with E-state index in [9.17, 15) is 13.2 Å². The number of hydrogen-bond acceptors (Lipinski definition) is 5. The predicted molar refractivity (Wildman–Crippen MR) is 115 cm³/mol. The first-order valence-electron chi connectivity index (χ1n) is 8.92. The van der Waals surface area contributed by atoms with E-state index in [1.54, 1.807) is 20.1 Å². The average Bonchev–Trinajstić information content (AvgIpc) is 2.69. The number of amides is 1. The summed E-state index contributed by atoms with van der Waals surface area (Å²) in [5.41, 5.74) is 1.41. The van der Waals surface area contributed by atoms with Gasteiger partial charge in [-0.15, -0.1) is 0 Å². The van der Waals surface area contributed by atoms with E-state index < -0.39 is 16.1 Å². The highest BCUT2D eigenvalue weighted by molar-refractivity contribution is 7.89. The number of likely N-dealkylation sites (N-methyl/N-ethyl adjacent to an activating group) is 1. The molecule has 0 aliphatic rings. The molecule has 0 aliphatic carbocycles. The topological polar surface area (TPSA) is 79.0 Å². The number of carbonyl (C=O) groups is 1. The van der Waals surface area contributed by atoms with Gasteiger partial charge < -0.3 is 10.1 Å². The van der Waals surface area contributed by atoms with Crippen LogP contribution in [0.5, 0.6) is 5.75 Å². The van der Waals surface area contributed by atoms with Crippen LogP contribution in [0.4, 0.5) is 5.69 Å². The van der Waals surface area contributed by atoms with Crippen molar-refractivity contribution < 1.29 is 17.9 Å². The molecule has 2 aromatic rings. The number of hydrogen-bond donors (Lipinski definition) is 1. The van der Waals surface area contributed by atoms with E-state index in [2.05, 4.69) is 5.32 Å². The second-order valence-electron chi connectivity index (χ2n) is 6.86. The number of nitrogens with one attached hydrogen (secondary N) is 1. The number of carbonyl (C=O) groups excluding carboxylic acids is 1. The smallest absolute Gasteiger partial charge is 0.244 e. The van der Waals surface area contributed by atoms with Crippen molar-refractivity contribution in [3.05, 3.63) is 53.1 Å². The van der Waals surface area contributed by atoms with Gasteiger partial charge in [0.15, 0.2) is 0 Å². The molecule has 0 aliphatic heterocycles. The molecule has 0 saturated carbocycles. The molecule has 0 heterocycles. The summed E-state index contributed by atoms with van der Waals surface area (Å²) in [5, 5.41) is 2.86. The third-order valence-corrected chi connectivity index (χ3v) is 6.89. The average molecular weight is 440 g/mol. The van der Waals surface area contributed by atoms with Gasteiger partial charge in [-0.1, -0.05) is 23.7 Å². The Balaban J connectivity index is 2.10. The highest BCUT2D eigenvalue weighted by atomic mass is 35.5. The number of halogens is 1. The van der Waals surface area contributed by atoms with E-state index in [-0.39, 0.29) is 15.8 Å². The number of benzene rings is 2. The number of sulfonamides is 1. The summed E-state index contributed by atoms with van der Waals surface area (Å²) in [6, 6.07) is 11.6. The van der Waals surface area contributed by atoms with Crippen LogP contribution in [-0.4, -0.2) is 57.8 Å². The van der Waals surface area contributed by atoms with Gasteiger partial charge in [-0.25, -0.2) is 12.7 Å². The fourth-order valence-corrected chi connectivity index (χ4v) is 3.97. The number of methoxy groups -OCH3 is 1. The predicted octanol–water partition coefficient (Wildman–Crippen LogP) is 3.06. The van der Waals surface area contributed by atoms with Crippen LogP contribution in [0.1, 0.15) is 12.5 Å². The Morgan fingerprint density at radius 1 is 1.14 bits per heavy atom. The zero-order chi connectivity index (χ0) is 21.8. The lowest BCUT2D eigenvalue weighted by Crippen LogP contribution is -2.39. The molecule has 1 unspecified atom stereocenters. The van der Waals surface area contributed by atoms with E-state index in [0.717, 1.165) is 15.6 Å². The van der Waals surface area contributed by atoms with E-state index in [0.29, 0.717) is 12.2 Å². The van der Waals surface area contributed by atoms with E-state index >= 15 is 0 Å². The first-order chi connectivity index (χ1) is 13.6. The van der Waals surface area contributed by atoms with Gasteiger partial charge in [-0.2, -0.15) is 0 Å². The molecule has 0 aromatic heterocycles. The lowest BCUT2D eigenvalue weighted by molar-refractivity contribution is -0.120. The molecule has 9 heteroatoms. The summed E-state index contributed by atoms with van der Waals surface area (Å²) in [7, 11) is 2.58. The minimum atomic E-state index is -3.72. The van der Waals surface area contributed by atoms with E-state index in [1.165, 1.54) is 26.2 Å². The van der Waals surface area contributed by atoms with Crippen LogP contribution < -0.4 is 10.1 Å². The van der Waals surface area contributed by atoms with Crippen molar-refractivity contribution in [1.29, 1.82) is 0 Å². The van der Waals surface area contributed by atoms with Crippen molar-refractivity contribution in [3.63, 3.8) is 0 Å². The summed E-state index contributed by atoms with van der Waals surface area (Å²) in [4.78, 5) is 14.5. The van der Waals surface area contributed by atoms with Gasteiger partial charge in [0, 0.05) is 26.3 Å². The molecule has 0 bridgehead atoms. The van der Waals surface area contributed by atoms with Crippen LogP contribution in [0.2, 0.25) is 5.02 Å². The van der Waals surface area contributed by atoms with Crippen molar-refractivity contribution in [2.75, 3.05) is 33.6 Å². The van der Waals surface area contributed by atoms with Gasteiger partial charge in [0.05, 0.1) is 18.2 Å². The van der Waals surface area contributed by atoms with Gasteiger partial charge in [0.25, 0.3) is 0 Å². The van der Waals surface area contributed by atoms with Crippen LogP contribution in [0.15, 0.2) is 47.4 Å². The lowest BCUT2D eigenvalue weighted by atomic mass is 10.1. The molecule has 2 aromatic carbocycles. The summed E-state index contributed by atoms with van der Waals surface area (Å²) in [6.45, 7) is 2.35. The Morgan fingerprint density at radius 2 is 1.76 bits per heavy atom. The Labute approximate surface area is 177 Å². The maximum Gasteiger partial charge on any atom is 0.244 e. The van der Waals surface area contributed by atoms with Crippen molar-refractivity contribution in [3.8, 4) is 5.75 Å². The van der Waals surface area contributed by atoms with Crippen LogP contribution in [0.3, 0.4) is 0 Å². The fraction of sp³-hybridized carbons (Fsp3) is 0.350. The van der Waals surface area contributed by atoms with Crippen LogP contribution in [0.25, 0.3) is 0 Å². The monoisotopic (exact) mass is 439 g/mol. The maximum atomic E-state index is 12.7. The second kappa shape index (κ2) is 9.58. The Morgan fingerprint density at radius 3 is 2.31 bits per heavy atom. The maximum absolute atomic E-state index is 12.7. The van der Waals surface area contributed by atoms with Gasteiger partial charge in [-0.05, 0) is 49.9 Å². The second-order valence-corrected chi connectivity index (χ2v) is 9.39. The summed E-state index contributed by atoms with van der Waals surface area (Å²) in [5.74, 6) is 0.518. The first-order valence-corrected chi connectivity index (χ1v) is 10.7. The molecular formula is C20H26ClN3O4S. The fourth-order valence-electron chi connectivity index (χ4n) is 2.58. The van der Waals surface area contributed by atoms with Crippen LogP contribution in [0, 0.1) is 0 Å². The van der Waals surface area contributed by atoms with Gasteiger partial charge in [0.1, 0.15) is 10.6 Å². The summed E-state index contributed by atoms with van der Waals surface area (Å²) < 4.78 is 31.0. The van der Waals surface area contributed by atoms with E-state index in [4.69, 9.17) is 16.3 Å². The molecule has 1 amide bonds. The molecule has 1 atom stereocenters. The third kappa shape index (κ3) is 5.70. The Bertz CT molecular complexity index is 962. The lowest BCUT2D eigenvalue weighted by Gasteiger charge is -2.24. The van der Waals surface area contributed by atoms with Crippen LogP contribution >= 0.6 is 11.6 Å². The molecule has 0 fully saturated rings. The van der Waals surface area contributed by atoms with Crippen molar-refractivity contribution >= 4 is 33.2 Å². The third-order valence-electron chi connectivity index (χ3n) is 4.59. The first kappa shape index (κ1) is 23.2. The summed E-state index contributed by atoms with van der Waals surface area (Å²) in [6.07, 6.45) is 0. The standard InChI is InChI=1S/C20H26ClN3O4S/c1-14(24(4)13-15-6-9-17(28-5)10-7-15)20(25)22-16-8-11-18(21)19(12-16)29(26,27)23(2)3/h6-12,14H,13H2,1-5H3,(H,22,25). The zero-order valence-corrected chi connectivity index (χ0v) is 18.7. The molecule has 29 heavy (non-hydrogen) atoms. The number of ether oxygens (including phenoxy) is 1. The van der Waals surface area contributed by atoms with Crippen molar-refractivity contribution in [2.45, 2.75) is 24.4 Å².